The fraction of sp³-hybridized carbons (Fsp3) is 0.765. The first-order valence-electron chi connectivity index (χ1n) is 7.65. The molecule has 1 fully saturated rings. The molecular weight excluding hydrogens is 215 g/mol. The van der Waals surface area contributed by atoms with Gasteiger partial charge in [-0.2, -0.15) is 0 Å². The third kappa shape index (κ3) is 2.92. The molecule has 0 bridgehead atoms. The Kier molecular flexibility index (Phi) is 5.31. The zero-order valence-electron chi connectivity index (χ0n) is 13.3. The molecule has 6 unspecified atom stereocenters. The predicted octanol–water partition coefficient (Wildman–Crippen LogP) is 4.35. The van der Waals surface area contributed by atoms with Gasteiger partial charge in [0.25, 0.3) is 0 Å². The molecule has 6 atom stereocenters. The van der Waals surface area contributed by atoms with Crippen molar-refractivity contribution in [1.82, 2.24) is 0 Å². The molecule has 0 N–H and O–H groups in total. The SMILES string of the molecule is BCC(C(=C)C)C(=C)C1CC(C)C(C)C(C)C1C. The van der Waals surface area contributed by atoms with E-state index in [1.807, 2.05) is 0 Å². The van der Waals surface area contributed by atoms with E-state index in [0.717, 1.165) is 30.0 Å². The topological polar surface area (TPSA) is 0 Å². The molecule has 1 saturated carbocycles. The van der Waals surface area contributed by atoms with Gasteiger partial charge in [-0.1, -0.05) is 58.3 Å². The Hall–Kier alpha value is -0.455. The lowest BCUT2D eigenvalue weighted by Gasteiger charge is -2.45. The summed E-state index contributed by atoms with van der Waals surface area (Å²) in [6.07, 6.45) is 2.46. The molecule has 0 aromatic carbocycles. The van der Waals surface area contributed by atoms with E-state index in [1.165, 1.54) is 17.6 Å². The number of hydrogen-bond donors (Lipinski definition) is 0. The van der Waals surface area contributed by atoms with Gasteiger partial charge in [0.1, 0.15) is 7.85 Å². The van der Waals surface area contributed by atoms with Gasteiger partial charge in [-0.25, -0.2) is 0 Å². The van der Waals surface area contributed by atoms with Crippen LogP contribution in [-0.4, -0.2) is 7.85 Å². The Labute approximate surface area is 115 Å². The van der Waals surface area contributed by atoms with Crippen LogP contribution in [0.1, 0.15) is 41.0 Å². The quantitative estimate of drug-likeness (QED) is 0.511. The van der Waals surface area contributed by atoms with Gasteiger partial charge in [0.2, 0.25) is 0 Å². The smallest absolute Gasteiger partial charge is 0.0996 e. The molecule has 1 aliphatic rings. The van der Waals surface area contributed by atoms with Gasteiger partial charge in [-0.15, -0.1) is 0 Å². The van der Waals surface area contributed by atoms with Gasteiger partial charge in [-0.3, -0.25) is 0 Å². The summed E-state index contributed by atoms with van der Waals surface area (Å²) in [6.45, 7) is 20.4. The summed E-state index contributed by atoms with van der Waals surface area (Å²) in [5.41, 5.74) is 2.73. The van der Waals surface area contributed by atoms with Crippen LogP contribution in [0, 0.1) is 35.5 Å². The molecule has 1 heteroatoms. The summed E-state index contributed by atoms with van der Waals surface area (Å²) < 4.78 is 0. The molecule has 0 aromatic rings. The average Bonchev–Trinajstić information content (AvgIpc) is 2.31. The van der Waals surface area contributed by atoms with Crippen LogP contribution >= 0.6 is 0 Å². The van der Waals surface area contributed by atoms with Crippen molar-refractivity contribution in [3.8, 4) is 0 Å². The summed E-state index contributed by atoms with van der Waals surface area (Å²) in [5, 5.41) is 0. The average molecular weight is 246 g/mol. The second-order valence-electron chi connectivity index (χ2n) is 6.78. The van der Waals surface area contributed by atoms with E-state index >= 15 is 0 Å². The van der Waals surface area contributed by atoms with Gasteiger partial charge in [0, 0.05) is 0 Å². The standard InChI is InChI=1S/C17H31B/c1-10(2)17(9-18)15(7)16-8-11(3)12(4)13(5)14(16)6/h11-14,16-17H,1,7-9,18H2,2-6H3. The predicted molar refractivity (Wildman–Crippen MR) is 85.6 cm³/mol. The largest absolute Gasteiger partial charge is 0.102 e. The van der Waals surface area contributed by atoms with E-state index in [2.05, 4.69) is 55.6 Å². The first kappa shape index (κ1) is 15.6. The molecule has 0 aromatic heterocycles. The van der Waals surface area contributed by atoms with Crippen LogP contribution in [0.3, 0.4) is 0 Å². The second-order valence-corrected chi connectivity index (χ2v) is 6.78. The Bertz CT molecular complexity index is 318. The minimum Gasteiger partial charge on any atom is -0.0996 e. The van der Waals surface area contributed by atoms with Crippen LogP contribution in [0.2, 0.25) is 6.32 Å². The fourth-order valence-electron chi connectivity index (χ4n) is 3.87. The summed E-state index contributed by atoms with van der Waals surface area (Å²) >= 11 is 0. The lowest BCUT2D eigenvalue weighted by Crippen LogP contribution is -2.37. The maximum atomic E-state index is 4.45. The summed E-state index contributed by atoms with van der Waals surface area (Å²) in [7, 11) is 2.26. The summed E-state index contributed by atoms with van der Waals surface area (Å²) in [6, 6.07) is 0. The first-order valence-corrected chi connectivity index (χ1v) is 7.65. The molecular formula is C17H31B. The fourth-order valence-corrected chi connectivity index (χ4v) is 3.87. The van der Waals surface area contributed by atoms with Gasteiger partial charge in [0.05, 0.1) is 0 Å². The van der Waals surface area contributed by atoms with Crippen LogP contribution < -0.4 is 0 Å². The Morgan fingerprint density at radius 1 is 1.11 bits per heavy atom. The molecule has 0 heterocycles. The van der Waals surface area contributed by atoms with Gasteiger partial charge in [0.15, 0.2) is 0 Å². The zero-order chi connectivity index (χ0) is 14.0. The molecule has 18 heavy (non-hydrogen) atoms. The Balaban J connectivity index is 2.88. The molecule has 0 radical (unpaired) electrons. The van der Waals surface area contributed by atoms with E-state index in [1.54, 1.807) is 0 Å². The van der Waals surface area contributed by atoms with Crippen molar-refractivity contribution in [1.29, 1.82) is 0 Å². The zero-order valence-corrected chi connectivity index (χ0v) is 13.3. The Morgan fingerprint density at radius 3 is 2.11 bits per heavy atom. The van der Waals surface area contributed by atoms with Crippen LogP contribution in [0.15, 0.2) is 24.3 Å². The van der Waals surface area contributed by atoms with Crippen LogP contribution in [-0.2, 0) is 0 Å². The van der Waals surface area contributed by atoms with Crippen LogP contribution in [0.4, 0.5) is 0 Å². The number of rotatable bonds is 4. The van der Waals surface area contributed by atoms with E-state index in [9.17, 15) is 0 Å². The maximum Gasteiger partial charge on any atom is 0.102 e. The normalized spacial score (nSPS) is 38.2. The van der Waals surface area contributed by atoms with Gasteiger partial charge >= 0.3 is 0 Å². The highest BCUT2D eigenvalue weighted by molar-refractivity contribution is 6.09. The van der Waals surface area contributed by atoms with Crippen LogP contribution in [0.25, 0.3) is 0 Å². The maximum absolute atomic E-state index is 4.45. The minimum absolute atomic E-state index is 0.519. The molecule has 102 valence electrons. The van der Waals surface area contributed by atoms with E-state index in [-0.39, 0.29) is 0 Å². The van der Waals surface area contributed by atoms with Crippen molar-refractivity contribution in [2.45, 2.75) is 47.4 Å². The first-order chi connectivity index (χ1) is 8.31. The monoisotopic (exact) mass is 246 g/mol. The Morgan fingerprint density at radius 2 is 1.67 bits per heavy atom. The van der Waals surface area contributed by atoms with E-state index in [0.29, 0.717) is 11.8 Å². The van der Waals surface area contributed by atoms with Crippen molar-refractivity contribution >= 4 is 7.85 Å². The van der Waals surface area contributed by atoms with Gasteiger partial charge < -0.3 is 0 Å². The highest BCUT2D eigenvalue weighted by Crippen LogP contribution is 2.46. The highest BCUT2D eigenvalue weighted by atomic mass is 14.4. The minimum atomic E-state index is 0.519. The van der Waals surface area contributed by atoms with Crippen molar-refractivity contribution in [2.24, 2.45) is 35.5 Å². The van der Waals surface area contributed by atoms with E-state index in [4.69, 9.17) is 0 Å². The van der Waals surface area contributed by atoms with E-state index < -0.39 is 0 Å². The molecule has 0 aliphatic heterocycles. The van der Waals surface area contributed by atoms with Crippen LogP contribution in [0.5, 0.6) is 0 Å². The van der Waals surface area contributed by atoms with Crippen molar-refractivity contribution in [3.05, 3.63) is 24.3 Å². The molecule has 0 nitrogen and oxygen atoms in total. The van der Waals surface area contributed by atoms with Crippen molar-refractivity contribution in [2.75, 3.05) is 0 Å². The summed E-state index contributed by atoms with van der Waals surface area (Å²) in [4.78, 5) is 0. The molecule has 0 saturated heterocycles. The lowest BCUT2D eigenvalue weighted by molar-refractivity contribution is 0.0903. The molecule has 1 rings (SSSR count). The van der Waals surface area contributed by atoms with Crippen molar-refractivity contribution < 1.29 is 0 Å². The molecule has 1 aliphatic carbocycles. The second kappa shape index (κ2) is 6.13. The molecule has 0 amide bonds. The highest BCUT2D eigenvalue weighted by Gasteiger charge is 2.38. The number of allylic oxidation sites excluding steroid dienone is 2. The van der Waals surface area contributed by atoms with Gasteiger partial charge in [-0.05, 0) is 48.9 Å². The third-order valence-electron chi connectivity index (χ3n) is 5.74. The number of hydrogen-bond acceptors (Lipinski definition) is 0. The molecule has 0 spiro atoms. The summed E-state index contributed by atoms with van der Waals surface area (Å²) in [5.74, 6) is 4.43. The van der Waals surface area contributed by atoms with Crippen molar-refractivity contribution in [3.63, 3.8) is 0 Å². The lowest BCUT2D eigenvalue weighted by atomic mass is 9.60. The third-order valence-corrected chi connectivity index (χ3v) is 5.74.